The van der Waals surface area contributed by atoms with Crippen LogP contribution in [-0.4, -0.2) is 4.92 Å². The number of rotatable bonds is 3. The molecule has 0 aliphatic rings. The number of ether oxygens (including phenoxy) is 1. The van der Waals surface area contributed by atoms with Crippen molar-refractivity contribution in [3.05, 3.63) is 61.1 Å². The van der Waals surface area contributed by atoms with E-state index in [1.165, 1.54) is 18.2 Å². The molecule has 0 atom stereocenters. The van der Waals surface area contributed by atoms with Gasteiger partial charge in [-0.1, -0.05) is 34.8 Å². The van der Waals surface area contributed by atoms with Gasteiger partial charge < -0.3 is 4.74 Å². The van der Waals surface area contributed by atoms with Crippen molar-refractivity contribution in [2.75, 3.05) is 0 Å². The zero-order valence-electron chi connectivity index (χ0n) is 10.8. The van der Waals surface area contributed by atoms with E-state index in [9.17, 15) is 23.3 Å². The number of hydrogen-bond donors (Lipinski definition) is 0. The number of nitro benzene ring substituents is 1. The highest BCUT2D eigenvalue weighted by Crippen LogP contribution is 2.43. The van der Waals surface area contributed by atoms with Gasteiger partial charge in [-0.2, -0.15) is 13.2 Å². The highest BCUT2D eigenvalue weighted by molar-refractivity contribution is 6.35. The Labute approximate surface area is 142 Å². The summed E-state index contributed by atoms with van der Waals surface area (Å²) in [4.78, 5) is 9.99. The second-order valence-electron chi connectivity index (χ2n) is 4.23. The first-order valence-corrected chi connectivity index (χ1v) is 6.91. The quantitative estimate of drug-likeness (QED) is 0.455. The molecule has 23 heavy (non-hydrogen) atoms. The molecular weight excluding hydrogens is 382 g/mol. The maximum absolute atomic E-state index is 12.8. The van der Waals surface area contributed by atoms with Crippen molar-refractivity contribution < 1.29 is 22.8 Å². The van der Waals surface area contributed by atoms with Crippen LogP contribution < -0.4 is 4.74 Å². The smallest absolute Gasteiger partial charge is 0.418 e. The molecule has 122 valence electrons. The minimum absolute atomic E-state index is 0.0185. The highest BCUT2D eigenvalue weighted by atomic mass is 35.5. The summed E-state index contributed by atoms with van der Waals surface area (Å²) in [5.74, 6) is -0.493. The second-order valence-corrected chi connectivity index (χ2v) is 5.48. The van der Waals surface area contributed by atoms with E-state index >= 15 is 0 Å². The molecule has 0 aliphatic heterocycles. The van der Waals surface area contributed by atoms with Crippen LogP contribution in [-0.2, 0) is 6.18 Å². The number of alkyl halides is 3. The Morgan fingerprint density at radius 3 is 2.17 bits per heavy atom. The van der Waals surface area contributed by atoms with Crippen molar-refractivity contribution in [2.45, 2.75) is 6.18 Å². The molecular formula is C13H5Cl3F3NO3. The SMILES string of the molecule is O=[N+]([O-])c1cc(C(F)(F)F)c(Cl)cc1Oc1ccc(Cl)cc1Cl. The van der Waals surface area contributed by atoms with Crippen molar-refractivity contribution in [2.24, 2.45) is 0 Å². The zero-order chi connectivity index (χ0) is 17.4. The predicted octanol–water partition coefficient (Wildman–Crippen LogP) is 6.37. The molecule has 0 bridgehead atoms. The van der Waals surface area contributed by atoms with Crippen LogP contribution >= 0.6 is 34.8 Å². The molecule has 2 aromatic carbocycles. The molecule has 0 spiro atoms. The molecule has 2 aromatic rings. The first-order chi connectivity index (χ1) is 10.6. The van der Waals surface area contributed by atoms with Gasteiger partial charge in [0, 0.05) is 17.2 Å². The molecule has 0 radical (unpaired) electrons. The number of nitro groups is 1. The van der Waals surface area contributed by atoms with E-state index in [1.807, 2.05) is 0 Å². The van der Waals surface area contributed by atoms with Crippen molar-refractivity contribution in [1.29, 1.82) is 0 Å². The Kier molecular flexibility index (Phi) is 4.93. The lowest BCUT2D eigenvalue weighted by molar-refractivity contribution is -0.385. The topological polar surface area (TPSA) is 52.4 Å². The standard InChI is InChI=1S/C13H5Cl3F3NO3/c14-6-1-2-11(9(16)3-6)23-12-5-8(15)7(13(17,18)19)4-10(12)20(21)22/h1-5H. The van der Waals surface area contributed by atoms with Crippen LogP contribution in [0.4, 0.5) is 18.9 Å². The van der Waals surface area contributed by atoms with E-state index < -0.39 is 33.1 Å². The summed E-state index contributed by atoms with van der Waals surface area (Å²) in [6.45, 7) is 0. The Morgan fingerprint density at radius 2 is 1.65 bits per heavy atom. The van der Waals surface area contributed by atoms with Crippen LogP contribution in [0.25, 0.3) is 0 Å². The maximum atomic E-state index is 12.8. The number of benzene rings is 2. The lowest BCUT2D eigenvalue weighted by atomic mass is 10.1. The fraction of sp³-hybridized carbons (Fsp3) is 0.0769. The molecule has 10 heteroatoms. The van der Waals surface area contributed by atoms with E-state index in [2.05, 4.69) is 0 Å². The molecule has 4 nitrogen and oxygen atoms in total. The highest BCUT2D eigenvalue weighted by Gasteiger charge is 2.36. The first kappa shape index (κ1) is 17.7. The molecule has 0 aliphatic carbocycles. The van der Waals surface area contributed by atoms with Gasteiger partial charge in [-0.15, -0.1) is 0 Å². The van der Waals surface area contributed by atoms with Gasteiger partial charge in [-0.05, 0) is 18.2 Å². The predicted molar refractivity (Wildman–Crippen MR) is 79.6 cm³/mol. The maximum Gasteiger partial charge on any atom is 0.418 e. The van der Waals surface area contributed by atoms with E-state index in [4.69, 9.17) is 39.5 Å². The van der Waals surface area contributed by atoms with Gasteiger partial charge in [0.1, 0.15) is 5.75 Å². The molecule has 0 fully saturated rings. The molecule has 0 N–H and O–H groups in total. The van der Waals surface area contributed by atoms with E-state index in [0.29, 0.717) is 17.2 Å². The van der Waals surface area contributed by atoms with Gasteiger partial charge in [0.25, 0.3) is 0 Å². The summed E-state index contributed by atoms with van der Waals surface area (Å²) < 4.78 is 43.5. The molecule has 2 rings (SSSR count). The third-order valence-corrected chi connectivity index (χ3v) is 3.51. The summed E-state index contributed by atoms with van der Waals surface area (Å²) in [6.07, 6.45) is -4.84. The average molecular weight is 387 g/mol. The van der Waals surface area contributed by atoms with E-state index in [1.54, 1.807) is 0 Å². The second kappa shape index (κ2) is 6.43. The van der Waals surface area contributed by atoms with Crippen molar-refractivity contribution >= 4 is 40.5 Å². The van der Waals surface area contributed by atoms with Crippen molar-refractivity contribution in [1.82, 2.24) is 0 Å². The Morgan fingerprint density at radius 1 is 1.00 bits per heavy atom. The van der Waals surface area contributed by atoms with Crippen LogP contribution in [0.3, 0.4) is 0 Å². The van der Waals surface area contributed by atoms with Crippen LogP contribution in [0.5, 0.6) is 11.5 Å². The minimum atomic E-state index is -4.84. The third-order valence-electron chi connectivity index (χ3n) is 2.66. The molecule has 0 aromatic heterocycles. The van der Waals surface area contributed by atoms with E-state index in [-0.39, 0.29) is 10.8 Å². The lowest BCUT2D eigenvalue weighted by Crippen LogP contribution is -2.07. The number of hydrogen-bond acceptors (Lipinski definition) is 3. The molecule has 0 saturated carbocycles. The number of halogens is 6. The summed E-state index contributed by atoms with van der Waals surface area (Å²) in [6, 6.07) is 5.06. The molecule has 0 saturated heterocycles. The van der Waals surface area contributed by atoms with Gasteiger partial charge in [-0.25, -0.2) is 0 Å². The van der Waals surface area contributed by atoms with E-state index in [0.717, 1.165) is 0 Å². The number of nitrogens with zero attached hydrogens (tertiary/aromatic N) is 1. The summed E-state index contributed by atoms with van der Waals surface area (Å²) in [5, 5.41) is 10.6. The fourth-order valence-corrected chi connectivity index (χ4v) is 2.37. The van der Waals surface area contributed by atoms with Crippen LogP contribution in [0.2, 0.25) is 15.1 Å². The molecule has 0 heterocycles. The van der Waals surface area contributed by atoms with Crippen LogP contribution in [0.1, 0.15) is 5.56 Å². The lowest BCUT2D eigenvalue weighted by Gasteiger charge is -2.12. The average Bonchev–Trinajstić information content (AvgIpc) is 2.40. The minimum Gasteiger partial charge on any atom is -0.448 e. The Hall–Kier alpha value is -1.70. The summed E-state index contributed by atoms with van der Waals surface area (Å²) >= 11 is 17.1. The largest absolute Gasteiger partial charge is 0.448 e. The third kappa shape index (κ3) is 3.99. The monoisotopic (exact) mass is 385 g/mol. The first-order valence-electron chi connectivity index (χ1n) is 5.77. The van der Waals surface area contributed by atoms with Gasteiger partial charge in [-0.3, -0.25) is 10.1 Å². The van der Waals surface area contributed by atoms with Crippen molar-refractivity contribution in [3.8, 4) is 11.5 Å². The van der Waals surface area contributed by atoms with Crippen LogP contribution in [0.15, 0.2) is 30.3 Å². The summed E-state index contributed by atoms with van der Waals surface area (Å²) in [7, 11) is 0. The normalized spacial score (nSPS) is 11.4. The zero-order valence-corrected chi connectivity index (χ0v) is 13.1. The van der Waals surface area contributed by atoms with Gasteiger partial charge in [0.05, 0.1) is 20.5 Å². The molecule has 0 amide bonds. The van der Waals surface area contributed by atoms with Gasteiger partial charge in [0.2, 0.25) is 5.75 Å². The van der Waals surface area contributed by atoms with Gasteiger partial charge >= 0.3 is 11.9 Å². The Balaban J connectivity index is 2.54. The Bertz CT molecular complexity index is 781. The van der Waals surface area contributed by atoms with Crippen LogP contribution in [0, 0.1) is 10.1 Å². The fourth-order valence-electron chi connectivity index (χ4n) is 1.66. The van der Waals surface area contributed by atoms with Gasteiger partial charge in [0.15, 0.2) is 0 Å². The molecule has 0 unspecified atom stereocenters. The summed E-state index contributed by atoms with van der Waals surface area (Å²) in [5.41, 5.74) is -2.23. The van der Waals surface area contributed by atoms with Crippen molar-refractivity contribution in [3.63, 3.8) is 0 Å².